The highest BCUT2D eigenvalue weighted by Gasteiger charge is 2.29. The largest absolute Gasteiger partial charge is 0.471 e. The first-order valence-corrected chi connectivity index (χ1v) is 7.83. The minimum absolute atomic E-state index is 0.0101. The molecule has 1 aromatic rings. The lowest BCUT2D eigenvalue weighted by atomic mass is 9.86. The number of hydrogen-bond acceptors (Lipinski definition) is 5. The molecular formula is C15H20F4N4O2. The van der Waals surface area contributed by atoms with E-state index in [2.05, 4.69) is 10.3 Å². The first-order valence-electron chi connectivity index (χ1n) is 7.83. The van der Waals surface area contributed by atoms with Gasteiger partial charge in [-0.3, -0.25) is 4.79 Å². The summed E-state index contributed by atoms with van der Waals surface area (Å²) in [6.45, 7) is -0.948. The van der Waals surface area contributed by atoms with Gasteiger partial charge in [0.1, 0.15) is 5.56 Å². The lowest BCUT2D eigenvalue weighted by molar-refractivity contribution is 0.0498. The van der Waals surface area contributed by atoms with Gasteiger partial charge < -0.3 is 21.5 Å². The van der Waals surface area contributed by atoms with Crippen LogP contribution in [0.2, 0.25) is 0 Å². The average Bonchev–Trinajstić information content (AvgIpc) is 2.55. The molecule has 5 N–H and O–H groups in total. The number of aromatic nitrogens is 1. The van der Waals surface area contributed by atoms with Gasteiger partial charge in [-0.2, -0.15) is 4.98 Å². The fraction of sp³-hybridized carbons (Fsp3) is 0.600. The van der Waals surface area contributed by atoms with Crippen LogP contribution in [0, 0.1) is 5.92 Å². The van der Waals surface area contributed by atoms with Crippen molar-refractivity contribution in [3.05, 3.63) is 11.6 Å². The first-order chi connectivity index (χ1) is 11.8. The number of ether oxygens (including phenoxy) is 1. The zero-order chi connectivity index (χ0) is 18.6. The Morgan fingerprint density at radius 3 is 2.44 bits per heavy atom. The maximum Gasteiger partial charge on any atom is 0.272 e. The van der Waals surface area contributed by atoms with Gasteiger partial charge in [0, 0.05) is 12.0 Å². The van der Waals surface area contributed by atoms with Crippen molar-refractivity contribution in [2.75, 3.05) is 18.1 Å². The number of halogens is 4. The van der Waals surface area contributed by atoms with Crippen molar-refractivity contribution < 1.29 is 27.1 Å². The number of anilines is 2. The molecule has 2 rings (SSSR count). The molecule has 1 fully saturated rings. The monoisotopic (exact) mass is 364 g/mol. The van der Waals surface area contributed by atoms with Crippen molar-refractivity contribution >= 4 is 17.4 Å². The SMILES string of the molecule is Nc1cc(C(=O)NC2CCC(C(F)F)CC2)c(OCC(F)F)nc1N. The zero-order valence-electron chi connectivity index (χ0n) is 13.4. The fourth-order valence-corrected chi connectivity index (χ4v) is 2.72. The minimum Gasteiger partial charge on any atom is -0.471 e. The molecule has 0 radical (unpaired) electrons. The van der Waals surface area contributed by atoms with Crippen molar-refractivity contribution in [1.29, 1.82) is 0 Å². The zero-order valence-corrected chi connectivity index (χ0v) is 13.4. The molecule has 0 saturated heterocycles. The lowest BCUT2D eigenvalue weighted by Gasteiger charge is -2.28. The van der Waals surface area contributed by atoms with Gasteiger partial charge in [0.05, 0.1) is 5.69 Å². The molecule has 25 heavy (non-hydrogen) atoms. The summed E-state index contributed by atoms with van der Waals surface area (Å²) in [7, 11) is 0. The first kappa shape index (κ1) is 19.1. The molecule has 10 heteroatoms. The highest BCUT2D eigenvalue weighted by atomic mass is 19.3. The number of nitrogens with two attached hydrogens (primary N) is 2. The van der Waals surface area contributed by atoms with E-state index in [1.807, 2.05) is 0 Å². The molecule has 0 aliphatic heterocycles. The third-order valence-corrected chi connectivity index (χ3v) is 4.10. The molecule has 0 unspecified atom stereocenters. The number of nitrogens with one attached hydrogen (secondary N) is 1. The summed E-state index contributed by atoms with van der Waals surface area (Å²) >= 11 is 0. The maximum atomic E-state index is 12.7. The van der Waals surface area contributed by atoms with Gasteiger partial charge in [0.15, 0.2) is 12.4 Å². The van der Waals surface area contributed by atoms with Crippen LogP contribution >= 0.6 is 0 Å². The number of nitrogens with zero attached hydrogens (tertiary/aromatic N) is 1. The highest BCUT2D eigenvalue weighted by molar-refractivity contribution is 5.98. The number of hydrogen-bond donors (Lipinski definition) is 3. The molecule has 0 bridgehead atoms. The summed E-state index contributed by atoms with van der Waals surface area (Å²) in [6.07, 6.45) is -3.69. The van der Waals surface area contributed by atoms with E-state index in [1.54, 1.807) is 0 Å². The van der Waals surface area contributed by atoms with E-state index in [9.17, 15) is 22.4 Å². The van der Waals surface area contributed by atoms with Crippen molar-refractivity contribution in [2.24, 2.45) is 5.92 Å². The van der Waals surface area contributed by atoms with Gasteiger partial charge in [0.2, 0.25) is 12.3 Å². The molecule has 1 aliphatic carbocycles. The van der Waals surface area contributed by atoms with Gasteiger partial charge in [-0.25, -0.2) is 17.6 Å². The second-order valence-electron chi connectivity index (χ2n) is 5.94. The van der Waals surface area contributed by atoms with Crippen molar-refractivity contribution in [3.63, 3.8) is 0 Å². The number of amides is 1. The Balaban J connectivity index is 2.06. The molecule has 1 amide bonds. The summed E-state index contributed by atoms with van der Waals surface area (Å²) in [4.78, 5) is 16.1. The summed E-state index contributed by atoms with van der Waals surface area (Å²) < 4.78 is 54.8. The molecule has 1 aliphatic rings. The van der Waals surface area contributed by atoms with Crippen LogP contribution in [0.4, 0.5) is 29.1 Å². The average molecular weight is 364 g/mol. The molecule has 140 valence electrons. The predicted octanol–water partition coefficient (Wildman–Crippen LogP) is 2.44. The van der Waals surface area contributed by atoms with Crippen molar-refractivity contribution in [2.45, 2.75) is 44.6 Å². The maximum absolute atomic E-state index is 12.7. The van der Waals surface area contributed by atoms with E-state index < -0.39 is 31.3 Å². The Bertz CT molecular complexity index is 607. The van der Waals surface area contributed by atoms with Gasteiger partial charge in [-0.1, -0.05) is 0 Å². The molecule has 0 atom stereocenters. The summed E-state index contributed by atoms with van der Waals surface area (Å²) in [5.74, 6) is -1.76. The van der Waals surface area contributed by atoms with Crippen LogP contribution in [0.15, 0.2) is 6.07 Å². The van der Waals surface area contributed by atoms with Crippen LogP contribution in [0.25, 0.3) is 0 Å². The van der Waals surface area contributed by atoms with Gasteiger partial charge in [0.25, 0.3) is 12.3 Å². The van der Waals surface area contributed by atoms with E-state index in [-0.39, 0.29) is 29.0 Å². The van der Waals surface area contributed by atoms with E-state index in [0.717, 1.165) is 0 Å². The third kappa shape index (κ3) is 5.10. The highest BCUT2D eigenvalue weighted by Crippen LogP contribution is 2.30. The van der Waals surface area contributed by atoms with Crippen LogP contribution in [-0.4, -0.2) is 36.4 Å². The van der Waals surface area contributed by atoms with E-state index in [0.29, 0.717) is 25.7 Å². The van der Waals surface area contributed by atoms with Gasteiger partial charge >= 0.3 is 0 Å². The Kier molecular flexibility index (Phi) is 6.27. The second kappa shape index (κ2) is 8.21. The summed E-state index contributed by atoms with van der Waals surface area (Å²) in [5.41, 5.74) is 11.0. The smallest absolute Gasteiger partial charge is 0.272 e. The molecule has 6 nitrogen and oxygen atoms in total. The number of carbonyl (C=O) groups excluding carboxylic acids is 1. The molecule has 1 saturated carbocycles. The lowest BCUT2D eigenvalue weighted by Crippen LogP contribution is -2.38. The van der Waals surface area contributed by atoms with Crippen molar-refractivity contribution in [3.8, 4) is 5.88 Å². The van der Waals surface area contributed by atoms with E-state index >= 15 is 0 Å². The number of alkyl halides is 4. The molecule has 1 heterocycles. The Labute approximate surface area is 141 Å². The molecule has 0 spiro atoms. The Hall–Kier alpha value is -2.26. The van der Waals surface area contributed by atoms with Crippen LogP contribution in [0.3, 0.4) is 0 Å². The number of pyridine rings is 1. The van der Waals surface area contributed by atoms with Gasteiger partial charge in [-0.05, 0) is 31.7 Å². The molecular weight excluding hydrogens is 344 g/mol. The number of carbonyl (C=O) groups is 1. The topological polar surface area (TPSA) is 103 Å². The van der Waals surface area contributed by atoms with Gasteiger partial charge in [-0.15, -0.1) is 0 Å². The van der Waals surface area contributed by atoms with Crippen molar-refractivity contribution in [1.82, 2.24) is 10.3 Å². The van der Waals surface area contributed by atoms with Crippen LogP contribution in [-0.2, 0) is 0 Å². The predicted molar refractivity (Wildman–Crippen MR) is 83.8 cm³/mol. The quantitative estimate of drug-likeness (QED) is 0.673. The van der Waals surface area contributed by atoms with E-state index in [1.165, 1.54) is 6.07 Å². The normalized spacial score (nSPS) is 20.7. The van der Waals surface area contributed by atoms with Crippen LogP contribution in [0.5, 0.6) is 5.88 Å². The Morgan fingerprint density at radius 2 is 1.88 bits per heavy atom. The number of nitrogen functional groups attached to an aromatic ring is 2. The Morgan fingerprint density at radius 1 is 1.24 bits per heavy atom. The second-order valence-corrected chi connectivity index (χ2v) is 5.94. The van der Waals surface area contributed by atoms with Crippen LogP contribution < -0.4 is 21.5 Å². The fourth-order valence-electron chi connectivity index (χ4n) is 2.72. The minimum atomic E-state index is -2.75. The standard InChI is InChI=1S/C15H20F4N4O2/c16-11(17)6-25-15-9(5-10(20)13(21)23-15)14(24)22-8-3-1-7(2-4-8)12(18)19/h5,7-8,11-12H,1-4,6,20H2,(H2,21,23)(H,22,24). The molecule has 1 aromatic heterocycles. The van der Waals surface area contributed by atoms with E-state index in [4.69, 9.17) is 16.2 Å². The number of rotatable bonds is 6. The molecule has 0 aromatic carbocycles. The van der Waals surface area contributed by atoms with Crippen LogP contribution in [0.1, 0.15) is 36.0 Å². The third-order valence-electron chi connectivity index (χ3n) is 4.10. The summed E-state index contributed by atoms with van der Waals surface area (Å²) in [5, 5.41) is 2.68. The summed E-state index contributed by atoms with van der Waals surface area (Å²) in [6, 6.07) is 0.910.